The Labute approximate surface area is 139 Å². The lowest BCUT2D eigenvalue weighted by molar-refractivity contribution is 0.530. The highest BCUT2D eigenvalue weighted by Crippen LogP contribution is 2.17. The van der Waals surface area contributed by atoms with Crippen molar-refractivity contribution in [1.29, 1.82) is 0 Å². The van der Waals surface area contributed by atoms with E-state index in [9.17, 15) is 8.42 Å². The molecule has 0 bridgehead atoms. The van der Waals surface area contributed by atoms with E-state index in [0.717, 1.165) is 24.0 Å². The Morgan fingerprint density at radius 1 is 1.17 bits per heavy atom. The molecule has 1 fully saturated rings. The van der Waals surface area contributed by atoms with E-state index in [4.69, 9.17) is 5.73 Å². The summed E-state index contributed by atoms with van der Waals surface area (Å²) in [5.41, 5.74) is 7.70. The molecule has 3 N–H and O–H groups in total. The molecule has 23 heavy (non-hydrogen) atoms. The second-order valence-electron chi connectivity index (χ2n) is 6.37. The summed E-state index contributed by atoms with van der Waals surface area (Å²) in [6.45, 7) is 0.400. The second kappa shape index (κ2) is 8.34. The number of sulfone groups is 1. The van der Waals surface area contributed by atoms with Crippen LogP contribution < -0.4 is 11.1 Å². The van der Waals surface area contributed by atoms with Crippen molar-refractivity contribution in [2.45, 2.75) is 56.9 Å². The highest BCUT2D eigenvalue weighted by molar-refractivity contribution is 7.89. The first-order valence-corrected chi connectivity index (χ1v) is 10.3. The van der Waals surface area contributed by atoms with Gasteiger partial charge in [-0.25, -0.2) is 13.4 Å². The highest BCUT2D eigenvalue weighted by Gasteiger charge is 2.13. The van der Waals surface area contributed by atoms with Gasteiger partial charge < -0.3 is 11.1 Å². The number of guanidine groups is 1. The largest absolute Gasteiger partial charge is 0.370 e. The molecule has 0 saturated heterocycles. The molecule has 0 radical (unpaired) electrons. The summed E-state index contributed by atoms with van der Waals surface area (Å²) in [5, 5.41) is 3.31. The van der Waals surface area contributed by atoms with Gasteiger partial charge in [0.1, 0.15) is 0 Å². The molecule has 1 saturated carbocycles. The first-order valence-electron chi connectivity index (χ1n) is 8.25. The Morgan fingerprint density at radius 3 is 2.39 bits per heavy atom. The monoisotopic (exact) mass is 337 g/mol. The zero-order valence-corrected chi connectivity index (χ0v) is 14.6. The van der Waals surface area contributed by atoms with E-state index in [1.54, 1.807) is 0 Å². The summed E-state index contributed by atoms with van der Waals surface area (Å²) in [4.78, 5) is 4.40. The van der Waals surface area contributed by atoms with Crippen LogP contribution in [0.15, 0.2) is 29.3 Å². The van der Waals surface area contributed by atoms with E-state index < -0.39 is 9.84 Å². The molecule has 0 amide bonds. The van der Waals surface area contributed by atoms with Gasteiger partial charge in [0.2, 0.25) is 0 Å². The number of rotatable bonds is 5. The van der Waals surface area contributed by atoms with Crippen molar-refractivity contribution in [3.8, 4) is 0 Å². The normalized spacial score (nSPS) is 17.7. The molecule has 128 valence electrons. The van der Waals surface area contributed by atoms with Crippen molar-refractivity contribution in [2.75, 3.05) is 6.26 Å². The van der Waals surface area contributed by atoms with Crippen molar-refractivity contribution < 1.29 is 8.42 Å². The zero-order valence-electron chi connectivity index (χ0n) is 13.8. The third kappa shape index (κ3) is 6.60. The Bertz CT molecular complexity index is 633. The number of hydrogen-bond donors (Lipinski definition) is 2. The third-order valence-electron chi connectivity index (χ3n) is 4.16. The Balaban J connectivity index is 1.98. The standard InChI is InChI=1S/C17H27N3O2S/c1-23(21,22)13-15-9-7-6-8-14(15)12-19-17(18)20-16-10-4-2-3-5-11-16/h6-9,16H,2-5,10-13H2,1H3,(H3,18,19,20). The third-order valence-corrected chi connectivity index (χ3v) is 5.00. The van der Waals surface area contributed by atoms with Crippen LogP contribution in [0.3, 0.4) is 0 Å². The van der Waals surface area contributed by atoms with Crippen molar-refractivity contribution in [3.63, 3.8) is 0 Å². The molecule has 0 unspecified atom stereocenters. The minimum Gasteiger partial charge on any atom is -0.370 e. The fraction of sp³-hybridized carbons (Fsp3) is 0.588. The van der Waals surface area contributed by atoms with Crippen LogP contribution in [-0.2, 0) is 22.1 Å². The first kappa shape index (κ1) is 17.8. The van der Waals surface area contributed by atoms with E-state index in [1.807, 2.05) is 24.3 Å². The molecule has 1 aromatic rings. The molecule has 0 aliphatic heterocycles. The average molecular weight is 337 g/mol. The minimum absolute atomic E-state index is 0.0364. The predicted octanol–water partition coefficient (Wildman–Crippen LogP) is 2.36. The second-order valence-corrected chi connectivity index (χ2v) is 8.51. The molecule has 0 heterocycles. The lowest BCUT2D eigenvalue weighted by Gasteiger charge is -2.16. The van der Waals surface area contributed by atoms with Gasteiger partial charge >= 0.3 is 0 Å². The topological polar surface area (TPSA) is 84.5 Å². The highest BCUT2D eigenvalue weighted by atomic mass is 32.2. The van der Waals surface area contributed by atoms with Gasteiger partial charge in [0, 0.05) is 12.3 Å². The summed E-state index contributed by atoms with van der Waals surface area (Å²) < 4.78 is 23.0. The maximum absolute atomic E-state index is 11.5. The van der Waals surface area contributed by atoms with Gasteiger partial charge in [0.05, 0.1) is 12.3 Å². The summed E-state index contributed by atoms with van der Waals surface area (Å²) >= 11 is 0. The Morgan fingerprint density at radius 2 is 1.78 bits per heavy atom. The van der Waals surface area contributed by atoms with E-state index in [0.29, 0.717) is 18.5 Å². The molecule has 2 rings (SSSR count). The van der Waals surface area contributed by atoms with E-state index in [-0.39, 0.29) is 5.75 Å². The molecule has 0 atom stereocenters. The number of nitrogens with zero attached hydrogens (tertiary/aromatic N) is 1. The molecule has 0 spiro atoms. The van der Waals surface area contributed by atoms with Crippen LogP contribution in [0.25, 0.3) is 0 Å². The van der Waals surface area contributed by atoms with Gasteiger partial charge in [-0.3, -0.25) is 0 Å². The molecular formula is C17H27N3O2S. The molecular weight excluding hydrogens is 310 g/mol. The van der Waals surface area contributed by atoms with Crippen LogP contribution in [0.4, 0.5) is 0 Å². The van der Waals surface area contributed by atoms with E-state index in [1.165, 1.54) is 31.9 Å². The molecule has 1 aliphatic carbocycles. The van der Waals surface area contributed by atoms with Gasteiger partial charge in [-0.05, 0) is 24.0 Å². The van der Waals surface area contributed by atoms with Crippen LogP contribution in [0.5, 0.6) is 0 Å². The summed E-state index contributed by atoms with van der Waals surface area (Å²) in [6.07, 6.45) is 8.60. The number of hydrogen-bond acceptors (Lipinski definition) is 3. The smallest absolute Gasteiger partial charge is 0.189 e. The molecule has 5 nitrogen and oxygen atoms in total. The fourth-order valence-electron chi connectivity index (χ4n) is 2.98. The summed E-state index contributed by atoms with van der Waals surface area (Å²) in [6, 6.07) is 7.89. The van der Waals surface area contributed by atoms with E-state index in [2.05, 4.69) is 10.3 Å². The quantitative estimate of drug-likeness (QED) is 0.491. The van der Waals surface area contributed by atoms with Crippen molar-refractivity contribution in [3.05, 3.63) is 35.4 Å². The van der Waals surface area contributed by atoms with Gasteiger partial charge in [-0.15, -0.1) is 0 Å². The lowest BCUT2D eigenvalue weighted by Crippen LogP contribution is -2.39. The average Bonchev–Trinajstić information content (AvgIpc) is 2.73. The van der Waals surface area contributed by atoms with Crippen LogP contribution in [0, 0.1) is 0 Å². The molecule has 1 aliphatic rings. The van der Waals surface area contributed by atoms with E-state index >= 15 is 0 Å². The minimum atomic E-state index is -3.06. The van der Waals surface area contributed by atoms with Crippen molar-refractivity contribution in [2.24, 2.45) is 10.7 Å². The molecule has 0 aromatic heterocycles. The van der Waals surface area contributed by atoms with Crippen LogP contribution in [0.1, 0.15) is 49.7 Å². The van der Waals surface area contributed by atoms with Crippen LogP contribution >= 0.6 is 0 Å². The van der Waals surface area contributed by atoms with Gasteiger partial charge in [-0.1, -0.05) is 49.9 Å². The van der Waals surface area contributed by atoms with Gasteiger partial charge in [0.15, 0.2) is 15.8 Å². The van der Waals surface area contributed by atoms with Crippen molar-refractivity contribution >= 4 is 15.8 Å². The van der Waals surface area contributed by atoms with Crippen LogP contribution in [0.2, 0.25) is 0 Å². The number of nitrogens with two attached hydrogens (primary N) is 1. The lowest BCUT2D eigenvalue weighted by atomic mass is 10.1. The number of nitrogens with one attached hydrogen (secondary N) is 1. The Hall–Kier alpha value is -1.56. The van der Waals surface area contributed by atoms with Crippen molar-refractivity contribution in [1.82, 2.24) is 5.32 Å². The predicted molar refractivity (Wildman–Crippen MR) is 94.9 cm³/mol. The summed E-state index contributed by atoms with van der Waals surface area (Å²) in [7, 11) is -3.06. The van der Waals surface area contributed by atoms with Gasteiger partial charge in [0.25, 0.3) is 0 Å². The number of benzene rings is 1. The van der Waals surface area contributed by atoms with Crippen LogP contribution in [-0.4, -0.2) is 26.7 Å². The number of aliphatic imine (C=N–C) groups is 1. The first-order chi connectivity index (χ1) is 10.9. The fourth-order valence-corrected chi connectivity index (χ4v) is 3.83. The summed E-state index contributed by atoms with van der Waals surface area (Å²) in [5.74, 6) is 0.486. The maximum Gasteiger partial charge on any atom is 0.189 e. The zero-order chi connectivity index (χ0) is 16.7. The molecule has 1 aromatic carbocycles. The molecule has 6 heteroatoms. The Kier molecular flexibility index (Phi) is 6.45. The SMILES string of the molecule is CS(=O)(=O)Cc1ccccc1CN=C(N)NC1CCCCCC1. The van der Waals surface area contributed by atoms with Gasteiger partial charge in [-0.2, -0.15) is 0 Å². The maximum atomic E-state index is 11.5.